The number of rotatable bonds is 2. The van der Waals surface area contributed by atoms with Crippen LogP contribution in [0.2, 0.25) is 0 Å². The van der Waals surface area contributed by atoms with Crippen molar-refractivity contribution in [3.8, 4) is 6.07 Å². The van der Waals surface area contributed by atoms with Gasteiger partial charge in [-0.3, -0.25) is 4.79 Å². The van der Waals surface area contributed by atoms with Crippen molar-refractivity contribution in [3.63, 3.8) is 0 Å². The van der Waals surface area contributed by atoms with Gasteiger partial charge in [-0.15, -0.1) is 0 Å². The van der Waals surface area contributed by atoms with Crippen LogP contribution < -0.4 is 0 Å². The molecule has 0 saturated heterocycles. The Morgan fingerprint density at radius 2 is 2.33 bits per heavy atom. The van der Waals surface area contributed by atoms with Crippen LogP contribution in [0.25, 0.3) is 0 Å². The molecule has 0 heterocycles. The third kappa shape index (κ3) is 1.85. The fourth-order valence-electron chi connectivity index (χ4n) is 1.08. The minimum Gasteiger partial charge on any atom is -0.434 e. The molecule has 1 fully saturated rings. The molecule has 1 rings (SSSR count). The van der Waals surface area contributed by atoms with E-state index in [1.54, 1.807) is 6.07 Å². The second kappa shape index (κ2) is 2.98. The number of carbonyl (C=O) groups excluding carboxylic acids is 1. The molecular formula is C9H11NO2. The zero-order valence-corrected chi connectivity index (χ0v) is 7.20. The Balaban J connectivity index is 2.33. The fraction of sp³-hybridized carbons (Fsp3) is 0.556. The molecular weight excluding hydrogens is 154 g/mol. The van der Waals surface area contributed by atoms with E-state index in [0.29, 0.717) is 0 Å². The van der Waals surface area contributed by atoms with Crippen LogP contribution in [0.5, 0.6) is 0 Å². The molecule has 0 aliphatic heterocycles. The summed E-state index contributed by atoms with van der Waals surface area (Å²) >= 11 is 0. The number of allylic oxidation sites excluding steroid dienone is 1. The zero-order chi connectivity index (χ0) is 9.19. The fourth-order valence-corrected chi connectivity index (χ4v) is 1.08. The number of nitrogens with zero attached hydrogens (tertiary/aromatic N) is 1. The van der Waals surface area contributed by atoms with Crippen molar-refractivity contribution in [2.75, 3.05) is 0 Å². The van der Waals surface area contributed by atoms with Crippen molar-refractivity contribution in [3.05, 3.63) is 12.3 Å². The summed E-state index contributed by atoms with van der Waals surface area (Å²) < 4.78 is 4.70. The number of hydrogen-bond donors (Lipinski definition) is 0. The summed E-state index contributed by atoms with van der Waals surface area (Å²) in [6.45, 7) is 4.04. The Kier molecular flexibility index (Phi) is 2.18. The van der Waals surface area contributed by atoms with Gasteiger partial charge in [0.15, 0.2) is 0 Å². The van der Waals surface area contributed by atoms with Gasteiger partial charge in [0.1, 0.15) is 6.26 Å². The molecule has 1 aliphatic rings. The van der Waals surface area contributed by atoms with Gasteiger partial charge in [0.25, 0.3) is 0 Å². The predicted molar refractivity (Wildman–Crippen MR) is 42.7 cm³/mol. The van der Waals surface area contributed by atoms with E-state index in [1.807, 2.05) is 13.8 Å². The third-order valence-electron chi connectivity index (χ3n) is 2.12. The lowest BCUT2D eigenvalue weighted by Gasteiger charge is -1.99. The van der Waals surface area contributed by atoms with Crippen LogP contribution >= 0.6 is 0 Å². The summed E-state index contributed by atoms with van der Waals surface area (Å²) in [7, 11) is 0. The molecule has 1 aliphatic carbocycles. The molecule has 0 bridgehead atoms. The largest absolute Gasteiger partial charge is 0.434 e. The summed E-state index contributed by atoms with van der Waals surface area (Å²) in [6, 6.07) is 1.75. The molecule has 0 N–H and O–H groups in total. The standard InChI is InChI=1S/C9H11NO2/c1-9(2)6-7(9)8(11)12-5-3-4-10/h3,5,7H,6H2,1-2H3. The van der Waals surface area contributed by atoms with Gasteiger partial charge in [0.2, 0.25) is 0 Å². The van der Waals surface area contributed by atoms with Crippen molar-refractivity contribution < 1.29 is 9.53 Å². The van der Waals surface area contributed by atoms with Gasteiger partial charge in [0.05, 0.1) is 18.1 Å². The second-order valence-corrected chi connectivity index (χ2v) is 3.61. The number of carbonyl (C=O) groups is 1. The molecule has 64 valence electrons. The smallest absolute Gasteiger partial charge is 0.314 e. The van der Waals surface area contributed by atoms with Gasteiger partial charge in [0, 0.05) is 0 Å². The van der Waals surface area contributed by atoms with Crippen LogP contribution in [0.3, 0.4) is 0 Å². The third-order valence-corrected chi connectivity index (χ3v) is 2.12. The molecule has 0 amide bonds. The first-order chi connectivity index (χ1) is 5.58. The van der Waals surface area contributed by atoms with E-state index in [-0.39, 0.29) is 17.3 Å². The molecule has 0 radical (unpaired) electrons. The van der Waals surface area contributed by atoms with Gasteiger partial charge in [-0.1, -0.05) is 13.8 Å². The molecule has 1 atom stereocenters. The number of ether oxygens (including phenoxy) is 1. The molecule has 12 heavy (non-hydrogen) atoms. The Morgan fingerprint density at radius 1 is 1.75 bits per heavy atom. The second-order valence-electron chi connectivity index (χ2n) is 3.61. The summed E-state index contributed by atoms with van der Waals surface area (Å²) in [5.41, 5.74) is 0.0948. The van der Waals surface area contributed by atoms with Crippen LogP contribution in [-0.2, 0) is 9.53 Å². The van der Waals surface area contributed by atoms with E-state index < -0.39 is 0 Å². The van der Waals surface area contributed by atoms with Crippen molar-refractivity contribution in [2.24, 2.45) is 11.3 Å². The maximum Gasteiger partial charge on any atom is 0.314 e. The van der Waals surface area contributed by atoms with Crippen molar-refractivity contribution in [2.45, 2.75) is 20.3 Å². The molecule has 3 nitrogen and oxygen atoms in total. The van der Waals surface area contributed by atoms with Crippen molar-refractivity contribution in [1.82, 2.24) is 0 Å². The van der Waals surface area contributed by atoms with E-state index in [1.165, 1.54) is 0 Å². The summed E-state index contributed by atoms with van der Waals surface area (Å²) in [6.07, 6.45) is 3.16. The summed E-state index contributed by atoms with van der Waals surface area (Å²) in [4.78, 5) is 11.1. The van der Waals surface area contributed by atoms with Gasteiger partial charge in [-0.2, -0.15) is 5.26 Å². The van der Waals surface area contributed by atoms with Crippen LogP contribution in [-0.4, -0.2) is 5.97 Å². The SMILES string of the molecule is CC1(C)CC1C(=O)OC=CC#N. The van der Waals surface area contributed by atoms with Crippen molar-refractivity contribution in [1.29, 1.82) is 5.26 Å². The topological polar surface area (TPSA) is 50.1 Å². The first-order valence-corrected chi connectivity index (χ1v) is 3.83. The van der Waals surface area contributed by atoms with E-state index in [0.717, 1.165) is 18.8 Å². The predicted octanol–water partition coefficient (Wildman–Crippen LogP) is 1.61. The Labute approximate surface area is 71.6 Å². The number of hydrogen-bond acceptors (Lipinski definition) is 3. The van der Waals surface area contributed by atoms with Crippen LogP contribution in [0, 0.1) is 22.7 Å². The Hall–Kier alpha value is -1.30. The van der Waals surface area contributed by atoms with Gasteiger partial charge in [-0.25, -0.2) is 0 Å². The van der Waals surface area contributed by atoms with Crippen LogP contribution in [0.1, 0.15) is 20.3 Å². The van der Waals surface area contributed by atoms with E-state index in [9.17, 15) is 4.79 Å². The molecule has 0 aromatic carbocycles. The normalized spacial score (nSPS) is 24.9. The lowest BCUT2D eigenvalue weighted by molar-refractivity contribution is -0.140. The highest BCUT2D eigenvalue weighted by atomic mass is 16.5. The molecule has 0 aromatic rings. The molecule has 0 spiro atoms. The van der Waals surface area contributed by atoms with Crippen LogP contribution in [0.15, 0.2) is 12.3 Å². The average molecular weight is 165 g/mol. The van der Waals surface area contributed by atoms with Crippen LogP contribution in [0.4, 0.5) is 0 Å². The Morgan fingerprint density at radius 3 is 2.75 bits per heavy atom. The number of esters is 1. The Bertz CT molecular complexity index is 260. The maximum atomic E-state index is 11.1. The number of nitriles is 1. The van der Waals surface area contributed by atoms with E-state index in [2.05, 4.69) is 0 Å². The zero-order valence-electron chi connectivity index (χ0n) is 7.20. The minimum atomic E-state index is -0.230. The lowest BCUT2D eigenvalue weighted by Crippen LogP contribution is -2.06. The molecule has 1 unspecified atom stereocenters. The van der Waals surface area contributed by atoms with Gasteiger partial charge in [-0.05, 0) is 11.8 Å². The summed E-state index contributed by atoms with van der Waals surface area (Å²) in [5.74, 6) is -0.215. The van der Waals surface area contributed by atoms with Gasteiger partial charge < -0.3 is 4.74 Å². The lowest BCUT2D eigenvalue weighted by atomic mass is 10.1. The van der Waals surface area contributed by atoms with Gasteiger partial charge >= 0.3 is 5.97 Å². The molecule has 0 aromatic heterocycles. The minimum absolute atomic E-state index is 0.0147. The highest BCUT2D eigenvalue weighted by Gasteiger charge is 2.51. The van der Waals surface area contributed by atoms with Crippen molar-refractivity contribution >= 4 is 5.97 Å². The average Bonchev–Trinajstić information content (AvgIpc) is 2.60. The first kappa shape index (κ1) is 8.79. The quantitative estimate of drug-likeness (QED) is 0.355. The van der Waals surface area contributed by atoms with E-state index >= 15 is 0 Å². The first-order valence-electron chi connectivity index (χ1n) is 3.83. The summed E-state index contributed by atoms with van der Waals surface area (Å²) in [5, 5.41) is 8.11. The maximum absolute atomic E-state index is 11.1. The molecule has 1 saturated carbocycles. The van der Waals surface area contributed by atoms with E-state index in [4.69, 9.17) is 10.00 Å². The monoisotopic (exact) mass is 165 g/mol. The highest BCUT2D eigenvalue weighted by molar-refractivity contribution is 5.77. The highest BCUT2D eigenvalue weighted by Crippen LogP contribution is 2.52. The molecule has 3 heteroatoms.